The molecule has 4 aromatic rings. The summed E-state index contributed by atoms with van der Waals surface area (Å²) in [6.45, 7) is 4.84. The van der Waals surface area contributed by atoms with Crippen LogP contribution in [0.3, 0.4) is 0 Å². The molecule has 0 bridgehead atoms. The van der Waals surface area contributed by atoms with Crippen LogP contribution in [0.4, 0.5) is 10.1 Å². The molecule has 15 nitrogen and oxygen atoms in total. The van der Waals surface area contributed by atoms with E-state index < -0.39 is 34.9 Å². The summed E-state index contributed by atoms with van der Waals surface area (Å²) in [7, 11) is 0. The molecular formula is C56H62FN3O12. The standard InChI is InChI=1S/C56H62FN3O12/c1-2-28-70-56-51(59(34-38-18-23-49-50(30-38)69-36-68-49)52(63)25-19-37-16-20-41(21-17-37)60(64)65)33-47(58-72-53-15-7-10-29-66-53)44-31-39(11-5-8-26-61)43(13-6-9-27-62)54(55(44)56)45-32-42(22-24-48(45)71-56)67-35-40-12-3-4-14-46(40)57/h2-4,12,14,16-25,30-32,39,43,51,53-55,61-62H,1,5-11,13,15,26-29,33-36H2. The Bertz CT molecular complexity index is 2650. The number of oxime groups is 1. The van der Waals surface area contributed by atoms with Gasteiger partial charge in [-0.2, -0.15) is 0 Å². The van der Waals surface area contributed by atoms with Crippen molar-refractivity contribution < 1.29 is 57.6 Å². The van der Waals surface area contributed by atoms with Crippen molar-refractivity contribution in [1.82, 2.24) is 4.90 Å². The van der Waals surface area contributed by atoms with E-state index in [0.717, 1.165) is 48.8 Å². The summed E-state index contributed by atoms with van der Waals surface area (Å²) >= 11 is 0. The van der Waals surface area contributed by atoms with Gasteiger partial charge in [-0.25, -0.2) is 4.39 Å². The third-order valence-corrected chi connectivity index (χ3v) is 14.4. The first kappa shape index (κ1) is 50.4. The van der Waals surface area contributed by atoms with Crippen molar-refractivity contribution in [2.75, 3.05) is 33.2 Å². The summed E-state index contributed by atoms with van der Waals surface area (Å²) in [4.78, 5) is 34.5. The van der Waals surface area contributed by atoms with Crippen LogP contribution in [0.1, 0.15) is 92.4 Å². The van der Waals surface area contributed by atoms with Gasteiger partial charge in [0.2, 0.25) is 24.8 Å². The predicted octanol–water partition coefficient (Wildman–Crippen LogP) is 9.94. The molecule has 0 spiro atoms. The van der Waals surface area contributed by atoms with Crippen molar-refractivity contribution in [3.63, 3.8) is 0 Å². The van der Waals surface area contributed by atoms with Crippen molar-refractivity contribution in [3.8, 4) is 23.0 Å². The first-order chi connectivity index (χ1) is 35.2. The number of rotatable bonds is 22. The van der Waals surface area contributed by atoms with E-state index in [0.29, 0.717) is 72.1 Å². The molecule has 1 saturated carbocycles. The molecule has 7 unspecified atom stereocenters. The molecule has 16 heteroatoms. The van der Waals surface area contributed by atoms with E-state index in [1.807, 2.05) is 30.3 Å². The minimum Gasteiger partial charge on any atom is -0.489 e. The number of unbranched alkanes of at least 4 members (excludes halogenated alkanes) is 2. The zero-order chi connectivity index (χ0) is 50.0. The number of nitro groups is 1. The molecule has 4 aromatic carbocycles. The zero-order valence-electron chi connectivity index (χ0n) is 40.3. The number of ether oxygens (including phenoxy) is 6. The monoisotopic (exact) mass is 987 g/mol. The van der Waals surface area contributed by atoms with Gasteiger partial charge in [-0.05, 0) is 122 Å². The molecule has 7 atom stereocenters. The fourth-order valence-corrected chi connectivity index (χ4v) is 11.0. The third-order valence-electron chi connectivity index (χ3n) is 14.4. The second-order valence-electron chi connectivity index (χ2n) is 18.9. The molecular weight excluding hydrogens is 926 g/mol. The average Bonchev–Trinajstić information content (AvgIpc) is 3.88. The minimum atomic E-state index is -1.59. The van der Waals surface area contributed by atoms with Gasteiger partial charge in [0.05, 0.1) is 29.8 Å². The number of hydrogen-bond acceptors (Lipinski definition) is 13. The largest absolute Gasteiger partial charge is 0.489 e. The van der Waals surface area contributed by atoms with Crippen LogP contribution >= 0.6 is 0 Å². The SMILES string of the molecule is C=CCOC12Oc3ccc(OCc4ccccc4F)cc3C3C(CCCCO)C(CCCCO)C=C(C(=NOC4CCCCO4)CC1N(Cc1ccc4c(c1)OCO4)C(=O)C=Cc1ccc([N+](=O)[O-])cc1)C32. The number of benzene rings is 4. The highest BCUT2D eigenvalue weighted by Crippen LogP contribution is 2.62. The molecule has 2 aliphatic carbocycles. The molecule has 1 amide bonds. The number of carbonyl (C=O) groups is 1. The maximum Gasteiger partial charge on any atom is 0.269 e. The van der Waals surface area contributed by atoms with Gasteiger partial charge in [-0.1, -0.05) is 54.4 Å². The van der Waals surface area contributed by atoms with Crippen LogP contribution < -0.4 is 18.9 Å². The summed E-state index contributed by atoms with van der Waals surface area (Å²) in [6.07, 6.45) is 13.2. The molecule has 3 aliphatic heterocycles. The summed E-state index contributed by atoms with van der Waals surface area (Å²) in [5.74, 6) is -1.28. The van der Waals surface area contributed by atoms with Gasteiger partial charge in [-0.15, -0.1) is 6.58 Å². The average molecular weight is 988 g/mol. The van der Waals surface area contributed by atoms with E-state index in [9.17, 15) is 24.7 Å². The van der Waals surface area contributed by atoms with Gasteiger partial charge in [0.25, 0.3) is 5.69 Å². The molecule has 2 fully saturated rings. The van der Waals surface area contributed by atoms with Crippen LogP contribution in [-0.4, -0.2) is 83.0 Å². The Balaban J connectivity index is 1.23. The van der Waals surface area contributed by atoms with Crippen LogP contribution in [0.2, 0.25) is 0 Å². The highest BCUT2D eigenvalue weighted by molar-refractivity contribution is 6.03. The molecule has 1 saturated heterocycles. The molecule has 0 aromatic heterocycles. The van der Waals surface area contributed by atoms with Crippen molar-refractivity contribution in [1.29, 1.82) is 0 Å². The van der Waals surface area contributed by atoms with Gasteiger partial charge >= 0.3 is 0 Å². The number of allylic oxidation sites excluding steroid dienone is 1. The normalized spacial score (nSPS) is 24.4. The lowest BCUT2D eigenvalue weighted by Gasteiger charge is -2.60. The Labute approximate surface area is 418 Å². The van der Waals surface area contributed by atoms with Crippen molar-refractivity contribution >= 4 is 23.4 Å². The number of halogens is 1. The molecule has 9 rings (SSSR count). The van der Waals surface area contributed by atoms with Crippen LogP contribution in [-0.2, 0) is 32.3 Å². The fraction of sp³-hybridized carbons (Fsp3) is 0.429. The smallest absolute Gasteiger partial charge is 0.269 e. The van der Waals surface area contributed by atoms with E-state index in [-0.39, 0.29) is 75.4 Å². The highest BCUT2D eigenvalue weighted by Gasteiger charge is 2.65. The molecule has 5 aliphatic rings. The number of aliphatic hydroxyl groups excluding tert-OH is 2. The van der Waals surface area contributed by atoms with Crippen LogP contribution in [0.25, 0.3) is 6.08 Å². The van der Waals surface area contributed by atoms with E-state index >= 15 is 4.79 Å². The summed E-state index contributed by atoms with van der Waals surface area (Å²) in [6, 6.07) is 22.7. The number of nitrogens with zero attached hydrogens (tertiary/aromatic N) is 3. The van der Waals surface area contributed by atoms with E-state index in [2.05, 4.69) is 12.7 Å². The Kier molecular flexibility index (Phi) is 16.3. The molecule has 380 valence electrons. The molecule has 0 radical (unpaired) electrons. The van der Waals surface area contributed by atoms with Gasteiger partial charge in [0.1, 0.15) is 30.0 Å². The second kappa shape index (κ2) is 23.3. The fourth-order valence-electron chi connectivity index (χ4n) is 11.0. The topological polar surface area (TPSA) is 181 Å². The Morgan fingerprint density at radius 2 is 1.75 bits per heavy atom. The summed E-state index contributed by atoms with van der Waals surface area (Å²) < 4.78 is 53.4. The maximum absolute atomic E-state index is 15.4. The number of nitro benzene ring substituents is 1. The minimum absolute atomic E-state index is 0.00849. The number of aliphatic hydroxyl groups is 2. The van der Waals surface area contributed by atoms with Gasteiger partial charge in [0, 0.05) is 67.9 Å². The second-order valence-corrected chi connectivity index (χ2v) is 18.9. The Morgan fingerprint density at radius 1 is 0.958 bits per heavy atom. The number of amides is 1. The lowest BCUT2D eigenvalue weighted by Crippen LogP contribution is -2.70. The van der Waals surface area contributed by atoms with Crippen LogP contribution in [0.15, 0.2) is 120 Å². The van der Waals surface area contributed by atoms with Crippen molar-refractivity contribution in [3.05, 3.63) is 153 Å². The van der Waals surface area contributed by atoms with Crippen molar-refractivity contribution in [2.24, 2.45) is 22.9 Å². The van der Waals surface area contributed by atoms with Gasteiger partial charge < -0.3 is 48.4 Å². The van der Waals surface area contributed by atoms with Crippen molar-refractivity contribution in [2.45, 2.75) is 101 Å². The summed E-state index contributed by atoms with van der Waals surface area (Å²) in [5.41, 5.74) is 3.94. The lowest BCUT2D eigenvalue weighted by molar-refractivity contribution is -0.384. The Hall–Kier alpha value is -6.59. The third kappa shape index (κ3) is 11.1. The highest BCUT2D eigenvalue weighted by atomic mass is 19.1. The van der Waals surface area contributed by atoms with E-state index in [1.54, 1.807) is 53.5 Å². The van der Waals surface area contributed by atoms with E-state index in [1.165, 1.54) is 24.3 Å². The van der Waals surface area contributed by atoms with E-state index in [4.69, 9.17) is 38.4 Å². The van der Waals surface area contributed by atoms with Crippen LogP contribution in [0, 0.1) is 33.7 Å². The molecule has 3 heterocycles. The number of non-ortho nitro benzene ring substituents is 1. The maximum atomic E-state index is 15.4. The molecule has 72 heavy (non-hydrogen) atoms. The zero-order valence-corrected chi connectivity index (χ0v) is 40.3. The van der Waals surface area contributed by atoms with Crippen LogP contribution in [0.5, 0.6) is 23.0 Å². The molecule has 2 N–H and O–H groups in total. The number of hydrogen-bond donors (Lipinski definition) is 2. The number of carbonyl (C=O) groups excluding carboxylic acids is 1. The first-order valence-corrected chi connectivity index (χ1v) is 25.0. The predicted molar refractivity (Wildman–Crippen MR) is 266 cm³/mol. The quantitative estimate of drug-likeness (QED) is 0.0251. The lowest BCUT2D eigenvalue weighted by atomic mass is 9.55. The van der Waals surface area contributed by atoms with Gasteiger partial charge in [-0.3, -0.25) is 14.9 Å². The Morgan fingerprint density at radius 3 is 2.51 bits per heavy atom. The summed E-state index contributed by atoms with van der Waals surface area (Å²) in [5, 5.41) is 36.6. The first-order valence-electron chi connectivity index (χ1n) is 25.0. The number of fused-ring (bicyclic) bond motifs is 3. The van der Waals surface area contributed by atoms with Gasteiger partial charge in [0.15, 0.2) is 11.5 Å².